The van der Waals surface area contributed by atoms with Gasteiger partial charge >= 0.3 is 0 Å². The average Bonchev–Trinajstić information content (AvgIpc) is 3.15. The quantitative estimate of drug-likeness (QED) is 0.720. The molecule has 1 aliphatic rings. The van der Waals surface area contributed by atoms with E-state index in [0.717, 1.165) is 17.7 Å². The summed E-state index contributed by atoms with van der Waals surface area (Å²) < 4.78 is 5.47. The van der Waals surface area contributed by atoms with Crippen molar-refractivity contribution in [2.75, 3.05) is 6.54 Å². The first-order valence-corrected chi connectivity index (χ1v) is 8.83. The number of amides is 1. The first-order chi connectivity index (χ1) is 12.6. The predicted molar refractivity (Wildman–Crippen MR) is 98.2 cm³/mol. The number of hydrogen-bond acceptors (Lipinski definition) is 4. The van der Waals surface area contributed by atoms with Crippen LogP contribution in [0.3, 0.4) is 0 Å². The molecule has 4 rings (SSSR count). The Labute approximate surface area is 152 Å². The van der Waals surface area contributed by atoms with Crippen LogP contribution in [0.5, 0.6) is 0 Å². The Kier molecular flexibility index (Phi) is 4.29. The highest BCUT2D eigenvalue weighted by molar-refractivity contribution is 5.77. The third kappa shape index (κ3) is 3.25. The van der Waals surface area contributed by atoms with E-state index in [2.05, 4.69) is 41.3 Å². The Balaban J connectivity index is 1.52. The van der Waals surface area contributed by atoms with Crippen LogP contribution in [0.2, 0.25) is 0 Å². The molecule has 5 heteroatoms. The molecule has 0 aliphatic carbocycles. The van der Waals surface area contributed by atoms with Gasteiger partial charge in [-0.1, -0.05) is 42.4 Å². The second-order valence-electron chi connectivity index (χ2n) is 7.10. The van der Waals surface area contributed by atoms with Crippen molar-refractivity contribution in [3.05, 3.63) is 72.2 Å². The van der Waals surface area contributed by atoms with Crippen molar-refractivity contribution in [3.63, 3.8) is 0 Å². The van der Waals surface area contributed by atoms with Gasteiger partial charge in [-0.2, -0.15) is 0 Å². The lowest BCUT2D eigenvalue weighted by molar-refractivity contribution is -0.136. The Hall–Kier alpha value is -2.95. The lowest BCUT2D eigenvalue weighted by Crippen LogP contribution is -2.46. The molecule has 1 unspecified atom stereocenters. The number of piperidine rings is 1. The molecule has 1 amide bonds. The number of carbonyl (C=O) groups is 1. The van der Waals surface area contributed by atoms with Crippen LogP contribution in [0.4, 0.5) is 0 Å². The average molecular weight is 347 g/mol. The van der Waals surface area contributed by atoms with Gasteiger partial charge in [0.1, 0.15) is 5.69 Å². The van der Waals surface area contributed by atoms with E-state index in [1.54, 1.807) is 12.4 Å². The highest BCUT2D eigenvalue weighted by atomic mass is 16.5. The summed E-state index contributed by atoms with van der Waals surface area (Å²) in [5, 5.41) is 4.12. The minimum Gasteiger partial charge on any atom is -0.359 e. The van der Waals surface area contributed by atoms with Crippen molar-refractivity contribution < 1.29 is 9.32 Å². The van der Waals surface area contributed by atoms with Gasteiger partial charge in [0.15, 0.2) is 5.76 Å². The second kappa shape index (κ2) is 6.75. The lowest BCUT2D eigenvalue weighted by atomic mass is 9.75. The van der Waals surface area contributed by atoms with Gasteiger partial charge in [-0.15, -0.1) is 0 Å². The third-order valence-electron chi connectivity index (χ3n) is 5.12. The number of nitrogens with zero attached hydrogens (tertiary/aromatic N) is 3. The molecular weight excluding hydrogens is 326 g/mol. The zero-order chi connectivity index (χ0) is 18.0. The molecule has 1 aliphatic heterocycles. The maximum Gasteiger partial charge on any atom is 0.223 e. The summed E-state index contributed by atoms with van der Waals surface area (Å²) in [4.78, 5) is 18.4. The SMILES string of the molecule is CC1(c2ccccc2)CCC(=O)N(Cc2cc(-c3cccnc3)no2)C1. The number of carbonyl (C=O) groups excluding carboxylic acids is 1. The normalized spacial score (nSPS) is 20.3. The smallest absolute Gasteiger partial charge is 0.223 e. The number of pyridine rings is 1. The summed E-state index contributed by atoms with van der Waals surface area (Å²) in [6.07, 6.45) is 4.89. The molecule has 0 bridgehead atoms. The minimum atomic E-state index is -0.0403. The summed E-state index contributed by atoms with van der Waals surface area (Å²) in [6.45, 7) is 3.34. The van der Waals surface area contributed by atoms with E-state index in [4.69, 9.17) is 4.52 Å². The summed E-state index contributed by atoms with van der Waals surface area (Å²) in [7, 11) is 0. The summed E-state index contributed by atoms with van der Waals surface area (Å²) in [5.74, 6) is 0.854. The molecule has 0 spiro atoms. The zero-order valence-corrected chi connectivity index (χ0v) is 14.8. The van der Waals surface area contributed by atoms with Crippen LogP contribution >= 0.6 is 0 Å². The van der Waals surface area contributed by atoms with E-state index < -0.39 is 0 Å². The number of hydrogen-bond donors (Lipinski definition) is 0. The van der Waals surface area contributed by atoms with Crippen molar-refractivity contribution in [3.8, 4) is 11.3 Å². The molecule has 26 heavy (non-hydrogen) atoms. The fraction of sp³-hybridized carbons (Fsp3) is 0.286. The Morgan fingerprint density at radius 2 is 2.04 bits per heavy atom. The van der Waals surface area contributed by atoms with Crippen molar-refractivity contribution >= 4 is 5.91 Å². The topological polar surface area (TPSA) is 59.2 Å². The number of rotatable bonds is 4. The fourth-order valence-electron chi connectivity index (χ4n) is 3.58. The van der Waals surface area contributed by atoms with E-state index in [9.17, 15) is 4.79 Å². The summed E-state index contributed by atoms with van der Waals surface area (Å²) in [6, 6.07) is 16.1. The van der Waals surface area contributed by atoms with Crippen LogP contribution in [-0.2, 0) is 16.8 Å². The van der Waals surface area contributed by atoms with Crippen LogP contribution in [0.15, 0.2) is 65.4 Å². The zero-order valence-electron chi connectivity index (χ0n) is 14.8. The van der Waals surface area contributed by atoms with E-state index in [1.807, 2.05) is 29.2 Å². The molecule has 3 aromatic rings. The largest absolute Gasteiger partial charge is 0.359 e. The van der Waals surface area contributed by atoms with E-state index >= 15 is 0 Å². The van der Waals surface area contributed by atoms with Crippen LogP contribution in [-0.4, -0.2) is 27.5 Å². The molecule has 132 valence electrons. The van der Waals surface area contributed by atoms with E-state index in [1.165, 1.54) is 5.56 Å². The van der Waals surface area contributed by atoms with Gasteiger partial charge in [0.05, 0.1) is 6.54 Å². The minimum absolute atomic E-state index is 0.0403. The Morgan fingerprint density at radius 1 is 1.19 bits per heavy atom. The lowest BCUT2D eigenvalue weighted by Gasteiger charge is -2.40. The van der Waals surface area contributed by atoms with E-state index in [0.29, 0.717) is 25.3 Å². The standard InChI is InChI=1S/C21H21N3O2/c1-21(17-7-3-2-4-8-17)10-9-20(25)24(15-21)14-18-12-19(23-26-18)16-6-5-11-22-13-16/h2-8,11-13H,9-10,14-15H2,1H3. The van der Waals surface area contributed by atoms with Crippen LogP contribution in [0.1, 0.15) is 31.1 Å². The maximum atomic E-state index is 12.4. The maximum absolute atomic E-state index is 12.4. The number of aromatic nitrogens is 2. The van der Waals surface area contributed by atoms with Gasteiger partial charge in [0, 0.05) is 42.4 Å². The predicted octanol–water partition coefficient (Wildman–Crippen LogP) is 3.82. The molecule has 1 fully saturated rings. The molecule has 0 saturated carbocycles. The van der Waals surface area contributed by atoms with Gasteiger partial charge < -0.3 is 9.42 Å². The summed E-state index contributed by atoms with van der Waals surface area (Å²) in [5.41, 5.74) is 2.87. The second-order valence-corrected chi connectivity index (χ2v) is 7.10. The molecular formula is C21H21N3O2. The van der Waals surface area contributed by atoms with Crippen molar-refractivity contribution in [1.29, 1.82) is 0 Å². The Morgan fingerprint density at radius 3 is 2.81 bits per heavy atom. The van der Waals surface area contributed by atoms with Crippen LogP contribution in [0.25, 0.3) is 11.3 Å². The fourth-order valence-corrected chi connectivity index (χ4v) is 3.58. The first kappa shape index (κ1) is 16.5. The van der Waals surface area contributed by atoms with Crippen molar-refractivity contribution in [2.24, 2.45) is 0 Å². The van der Waals surface area contributed by atoms with Gasteiger partial charge in [0.25, 0.3) is 0 Å². The van der Waals surface area contributed by atoms with Gasteiger partial charge in [-0.25, -0.2) is 0 Å². The first-order valence-electron chi connectivity index (χ1n) is 8.83. The molecule has 0 radical (unpaired) electrons. The molecule has 1 saturated heterocycles. The number of benzene rings is 1. The monoisotopic (exact) mass is 347 g/mol. The van der Waals surface area contributed by atoms with Crippen LogP contribution < -0.4 is 0 Å². The molecule has 2 aromatic heterocycles. The van der Waals surface area contributed by atoms with Gasteiger partial charge in [-0.05, 0) is 24.1 Å². The van der Waals surface area contributed by atoms with Crippen molar-refractivity contribution in [2.45, 2.75) is 31.7 Å². The molecule has 1 aromatic carbocycles. The van der Waals surface area contributed by atoms with Gasteiger partial charge in [-0.3, -0.25) is 9.78 Å². The van der Waals surface area contributed by atoms with Crippen molar-refractivity contribution in [1.82, 2.24) is 15.0 Å². The van der Waals surface area contributed by atoms with Gasteiger partial charge in [0.2, 0.25) is 5.91 Å². The molecule has 0 N–H and O–H groups in total. The van der Waals surface area contributed by atoms with Crippen LogP contribution in [0, 0.1) is 0 Å². The highest BCUT2D eigenvalue weighted by Crippen LogP contribution is 2.34. The molecule has 3 heterocycles. The van der Waals surface area contributed by atoms with E-state index in [-0.39, 0.29) is 11.3 Å². The highest BCUT2D eigenvalue weighted by Gasteiger charge is 2.36. The molecule has 1 atom stereocenters. The number of likely N-dealkylation sites (tertiary alicyclic amines) is 1. The Bertz CT molecular complexity index is 892. The third-order valence-corrected chi connectivity index (χ3v) is 5.12. The molecule has 5 nitrogen and oxygen atoms in total. The summed E-state index contributed by atoms with van der Waals surface area (Å²) >= 11 is 0.